The van der Waals surface area contributed by atoms with Crippen molar-refractivity contribution in [2.45, 2.75) is 19.9 Å². The molecule has 1 fully saturated rings. The van der Waals surface area contributed by atoms with Gasteiger partial charge in [-0.25, -0.2) is 0 Å². The zero-order chi connectivity index (χ0) is 11.5. The van der Waals surface area contributed by atoms with E-state index in [4.69, 9.17) is 0 Å². The van der Waals surface area contributed by atoms with Crippen LogP contribution in [0.4, 0.5) is 0 Å². The second kappa shape index (κ2) is 4.66. The highest BCUT2D eigenvalue weighted by Gasteiger charge is 2.24. The Morgan fingerprint density at radius 3 is 2.75 bits per heavy atom. The Balaban J connectivity index is 2.06. The maximum absolute atomic E-state index is 12.0. The number of aryl methyl sites for hydroxylation is 1. The first-order chi connectivity index (χ1) is 7.68. The van der Waals surface area contributed by atoms with Crippen LogP contribution in [0.2, 0.25) is 0 Å². The van der Waals surface area contributed by atoms with E-state index in [-0.39, 0.29) is 11.9 Å². The fourth-order valence-corrected chi connectivity index (χ4v) is 2.08. The molecule has 1 amide bonds. The van der Waals surface area contributed by atoms with E-state index >= 15 is 0 Å². The average molecular weight is 218 g/mol. The number of amides is 1. The van der Waals surface area contributed by atoms with Crippen molar-refractivity contribution in [2.75, 3.05) is 13.1 Å². The maximum Gasteiger partial charge on any atom is 0.251 e. The van der Waals surface area contributed by atoms with Gasteiger partial charge in [-0.2, -0.15) is 0 Å². The van der Waals surface area contributed by atoms with E-state index < -0.39 is 0 Å². The van der Waals surface area contributed by atoms with Crippen molar-refractivity contribution < 1.29 is 4.79 Å². The lowest BCUT2D eigenvalue weighted by Gasteiger charge is -2.16. The topological polar surface area (TPSA) is 41.1 Å². The summed E-state index contributed by atoms with van der Waals surface area (Å²) in [6.45, 7) is 5.98. The lowest BCUT2D eigenvalue weighted by Crippen LogP contribution is -2.39. The van der Waals surface area contributed by atoms with Crippen LogP contribution < -0.4 is 10.6 Å². The minimum Gasteiger partial charge on any atom is -0.348 e. The van der Waals surface area contributed by atoms with Gasteiger partial charge in [0.2, 0.25) is 0 Å². The van der Waals surface area contributed by atoms with Crippen LogP contribution >= 0.6 is 0 Å². The largest absolute Gasteiger partial charge is 0.348 e. The molecule has 1 aliphatic rings. The van der Waals surface area contributed by atoms with Crippen LogP contribution in [0.5, 0.6) is 0 Å². The Hall–Kier alpha value is -1.35. The molecule has 2 unspecified atom stereocenters. The van der Waals surface area contributed by atoms with Crippen LogP contribution in [0.3, 0.4) is 0 Å². The van der Waals surface area contributed by atoms with E-state index in [2.05, 4.69) is 17.6 Å². The Bertz CT molecular complexity index is 389. The Morgan fingerprint density at radius 1 is 1.38 bits per heavy atom. The maximum atomic E-state index is 12.0. The van der Waals surface area contributed by atoms with Crippen molar-refractivity contribution in [3.63, 3.8) is 0 Å². The molecule has 0 spiro atoms. The number of carbonyl (C=O) groups excluding carboxylic acids is 1. The molecule has 0 saturated carbocycles. The fraction of sp³-hybridized carbons (Fsp3) is 0.462. The van der Waals surface area contributed by atoms with E-state index in [1.165, 1.54) is 0 Å². The van der Waals surface area contributed by atoms with E-state index in [1.54, 1.807) is 0 Å². The van der Waals surface area contributed by atoms with Crippen LogP contribution in [0.15, 0.2) is 24.3 Å². The van der Waals surface area contributed by atoms with Gasteiger partial charge in [0.1, 0.15) is 0 Å². The molecule has 0 radical (unpaired) electrons. The van der Waals surface area contributed by atoms with Crippen LogP contribution in [0.1, 0.15) is 22.8 Å². The zero-order valence-electron chi connectivity index (χ0n) is 9.79. The summed E-state index contributed by atoms with van der Waals surface area (Å²) in [6, 6.07) is 7.94. The van der Waals surface area contributed by atoms with Gasteiger partial charge in [0.05, 0.1) is 0 Å². The predicted octanol–water partition coefficient (Wildman–Crippen LogP) is 1.33. The van der Waals surface area contributed by atoms with Crippen LogP contribution in [-0.2, 0) is 0 Å². The number of nitrogens with one attached hydrogen (secondary N) is 2. The highest BCUT2D eigenvalue weighted by atomic mass is 16.1. The smallest absolute Gasteiger partial charge is 0.251 e. The molecule has 1 aromatic rings. The van der Waals surface area contributed by atoms with Gasteiger partial charge in [0, 0.05) is 18.2 Å². The summed E-state index contributed by atoms with van der Waals surface area (Å²) in [4.78, 5) is 12.0. The summed E-state index contributed by atoms with van der Waals surface area (Å²) in [5, 5.41) is 6.36. The van der Waals surface area contributed by atoms with Crippen LogP contribution in [-0.4, -0.2) is 25.0 Å². The second-order valence-corrected chi connectivity index (χ2v) is 4.53. The molecular formula is C13H18N2O. The molecular weight excluding hydrogens is 200 g/mol. The molecule has 3 heteroatoms. The lowest BCUT2D eigenvalue weighted by molar-refractivity contribution is 0.0932. The third-order valence-corrected chi connectivity index (χ3v) is 3.22. The molecule has 2 rings (SSSR count). The quantitative estimate of drug-likeness (QED) is 0.786. The number of benzene rings is 1. The average Bonchev–Trinajstić information content (AvgIpc) is 2.65. The predicted molar refractivity (Wildman–Crippen MR) is 64.5 cm³/mol. The van der Waals surface area contributed by atoms with Gasteiger partial charge in [0.25, 0.3) is 5.91 Å². The molecule has 0 aliphatic carbocycles. The molecule has 2 N–H and O–H groups in total. The molecule has 3 nitrogen and oxygen atoms in total. The van der Waals surface area contributed by atoms with E-state index in [9.17, 15) is 4.79 Å². The summed E-state index contributed by atoms with van der Waals surface area (Å²) in [5.74, 6) is 0.548. The molecule has 1 aliphatic heterocycles. The monoisotopic (exact) mass is 218 g/mol. The van der Waals surface area contributed by atoms with Crippen molar-refractivity contribution in [1.82, 2.24) is 10.6 Å². The molecule has 1 heterocycles. The number of hydrogen-bond donors (Lipinski definition) is 2. The standard InChI is InChI=1S/C13H18N2O/c1-9-5-3-4-6-11(9)13(16)15-12-8-14-7-10(12)2/h3-6,10,12,14H,7-8H2,1-2H3,(H,15,16). The third kappa shape index (κ3) is 2.25. The molecule has 2 atom stereocenters. The zero-order valence-corrected chi connectivity index (χ0v) is 9.79. The van der Waals surface area contributed by atoms with E-state index in [0.717, 1.165) is 24.2 Å². The van der Waals surface area contributed by atoms with Crippen molar-refractivity contribution in [1.29, 1.82) is 0 Å². The van der Waals surface area contributed by atoms with E-state index in [0.29, 0.717) is 5.92 Å². The summed E-state index contributed by atoms with van der Waals surface area (Å²) in [7, 11) is 0. The van der Waals surface area contributed by atoms with E-state index in [1.807, 2.05) is 31.2 Å². The molecule has 0 aromatic heterocycles. The lowest BCUT2D eigenvalue weighted by atomic mass is 10.0. The van der Waals surface area contributed by atoms with Crippen molar-refractivity contribution in [2.24, 2.45) is 5.92 Å². The Morgan fingerprint density at radius 2 is 2.12 bits per heavy atom. The van der Waals surface area contributed by atoms with Gasteiger partial charge in [-0.1, -0.05) is 25.1 Å². The summed E-state index contributed by atoms with van der Waals surface area (Å²) in [5.41, 5.74) is 1.81. The molecule has 16 heavy (non-hydrogen) atoms. The minimum atomic E-state index is 0.0404. The number of hydrogen-bond acceptors (Lipinski definition) is 2. The minimum absolute atomic E-state index is 0.0404. The Labute approximate surface area is 96.2 Å². The molecule has 86 valence electrons. The molecule has 1 saturated heterocycles. The summed E-state index contributed by atoms with van der Waals surface area (Å²) >= 11 is 0. The summed E-state index contributed by atoms with van der Waals surface area (Å²) in [6.07, 6.45) is 0. The van der Waals surface area contributed by atoms with Crippen molar-refractivity contribution in [3.05, 3.63) is 35.4 Å². The first kappa shape index (κ1) is 11.1. The van der Waals surface area contributed by atoms with Gasteiger partial charge in [-0.3, -0.25) is 4.79 Å². The summed E-state index contributed by atoms with van der Waals surface area (Å²) < 4.78 is 0. The van der Waals surface area contributed by atoms with Crippen molar-refractivity contribution in [3.8, 4) is 0 Å². The third-order valence-electron chi connectivity index (χ3n) is 3.22. The first-order valence-electron chi connectivity index (χ1n) is 5.75. The van der Waals surface area contributed by atoms with Gasteiger partial charge in [-0.05, 0) is 31.0 Å². The number of carbonyl (C=O) groups is 1. The van der Waals surface area contributed by atoms with Crippen LogP contribution in [0.25, 0.3) is 0 Å². The van der Waals surface area contributed by atoms with Gasteiger partial charge in [0.15, 0.2) is 0 Å². The molecule has 1 aromatic carbocycles. The van der Waals surface area contributed by atoms with Crippen molar-refractivity contribution >= 4 is 5.91 Å². The normalized spacial score (nSPS) is 24.4. The van der Waals surface area contributed by atoms with Gasteiger partial charge < -0.3 is 10.6 Å². The van der Waals surface area contributed by atoms with Gasteiger partial charge >= 0.3 is 0 Å². The van der Waals surface area contributed by atoms with Gasteiger partial charge in [-0.15, -0.1) is 0 Å². The second-order valence-electron chi connectivity index (χ2n) is 4.53. The van der Waals surface area contributed by atoms with Crippen LogP contribution in [0, 0.1) is 12.8 Å². The number of rotatable bonds is 2. The fourth-order valence-electron chi connectivity index (χ4n) is 2.08. The highest BCUT2D eigenvalue weighted by Crippen LogP contribution is 2.11. The SMILES string of the molecule is Cc1ccccc1C(=O)NC1CNCC1C. The first-order valence-corrected chi connectivity index (χ1v) is 5.75. The molecule has 0 bridgehead atoms. The highest BCUT2D eigenvalue weighted by molar-refractivity contribution is 5.95. The Kier molecular flexibility index (Phi) is 3.25.